The molecular formula is C9H17N3OS. The number of thioether (sulfide) groups is 1. The molecule has 1 heterocycles. The van der Waals surface area contributed by atoms with Gasteiger partial charge < -0.3 is 9.84 Å². The quantitative estimate of drug-likeness (QED) is 0.830. The molecule has 0 unspecified atom stereocenters. The van der Waals surface area contributed by atoms with E-state index in [1.54, 1.807) is 11.8 Å². The number of hydrogen-bond acceptors (Lipinski definition) is 5. The van der Waals surface area contributed by atoms with Crippen LogP contribution in [-0.4, -0.2) is 21.9 Å². The molecule has 0 aliphatic carbocycles. The van der Waals surface area contributed by atoms with Crippen molar-refractivity contribution < 1.29 is 4.52 Å². The van der Waals surface area contributed by atoms with Crippen LogP contribution in [0.4, 0.5) is 0 Å². The molecule has 5 heteroatoms. The van der Waals surface area contributed by atoms with Gasteiger partial charge >= 0.3 is 0 Å². The van der Waals surface area contributed by atoms with Gasteiger partial charge in [0.2, 0.25) is 5.89 Å². The van der Waals surface area contributed by atoms with Crippen LogP contribution in [0.3, 0.4) is 0 Å². The maximum Gasteiger partial charge on any atom is 0.236 e. The highest BCUT2D eigenvalue weighted by Crippen LogP contribution is 2.26. The molecule has 0 aliphatic heterocycles. The largest absolute Gasteiger partial charge is 0.338 e. The van der Waals surface area contributed by atoms with Crippen molar-refractivity contribution in [1.82, 2.24) is 15.5 Å². The number of nitrogens with one attached hydrogen (secondary N) is 1. The normalized spacial score (nSPS) is 12.0. The van der Waals surface area contributed by atoms with E-state index in [2.05, 4.69) is 36.2 Å². The Balaban J connectivity index is 2.44. The van der Waals surface area contributed by atoms with Gasteiger partial charge in [-0.25, -0.2) is 0 Å². The van der Waals surface area contributed by atoms with Crippen LogP contribution in [0.15, 0.2) is 4.52 Å². The molecule has 0 saturated heterocycles. The molecular weight excluding hydrogens is 198 g/mol. The predicted molar refractivity (Wildman–Crippen MR) is 58.1 cm³/mol. The van der Waals surface area contributed by atoms with Crippen molar-refractivity contribution in [1.29, 1.82) is 0 Å². The molecule has 0 fully saturated rings. The van der Waals surface area contributed by atoms with E-state index in [0.717, 1.165) is 11.6 Å². The zero-order valence-electron chi connectivity index (χ0n) is 9.13. The molecule has 0 saturated carbocycles. The molecule has 0 bridgehead atoms. The maximum atomic E-state index is 5.09. The molecule has 0 amide bonds. The first kappa shape index (κ1) is 11.5. The lowest BCUT2D eigenvalue weighted by Crippen LogP contribution is -2.08. The molecule has 0 aromatic carbocycles. The third-order valence-electron chi connectivity index (χ3n) is 1.47. The van der Waals surface area contributed by atoms with E-state index in [0.29, 0.717) is 12.4 Å². The van der Waals surface area contributed by atoms with E-state index < -0.39 is 0 Å². The van der Waals surface area contributed by atoms with E-state index >= 15 is 0 Å². The summed E-state index contributed by atoms with van der Waals surface area (Å²) in [5.74, 6) is 2.20. The molecule has 80 valence electrons. The van der Waals surface area contributed by atoms with Crippen molar-refractivity contribution in [3.05, 3.63) is 11.7 Å². The fraction of sp³-hybridized carbons (Fsp3) is 0.778. The van der Waals surface area contributed by atoms with E-state index in [-0.39, 0.29) is 4.75 Å². The number of rotatable bonds is 4. The van der Waals surface area contributed by atoms with E-state index in [1.807, 2.05) is 7.05 Å². The van der Waals surface area contributed by atoms with Gasteiger partial charge in [-0.15, -0.1) is 11.8 Å². The molecule has 14 heavy (non-hydrogen) atoms. The Bertz CT molecular complexity index is 280. The summed E-state index contributed by atoms with van der Waals surface area (Å²) in [5, 5.41) is 6.82. The molecule has 0 spiro atoms. The van der Waals surface area contributed by atoms with Gasteiger partial charge in [0.15, 0.2) is 5.82 Å². The van der Waals surface area contributed by atoms with Crippen LogP contribution >= 0.6 is 11.8 Å². The second kappa shape index (κ2) is 4.79. The summed E-state index contributed by atoms with van der Waals surface area (Å²) in [7, 11) is 1.86. The minimum absolute atomic E-state index is 0.234. The van der Waals surface area contributed by atoms with Crippen molar-refractivity contribution in [2.24, 2.45) is 0 Å². The first-order chi connectivity index (χ1) is 6.51. The Kier molecular flexibility index (Phi) is 3.95. The van der Waals surface area contributed by atoms with Crippen LogP contribution in [-0.2, 0) is 12.3 Å². The maximum absolute atomic E-state index is 5.09. The van der Waals surface area contributed by atoms with Gasteiger partial charge in [-0.05, 0) is 7.05 Å². The molecule has 0 aliphatic rings. The summed E-state index contributed by atoms with van der Waals surface area (Å²) in [5.41, 5.74) is 0. The summed E-state index contributed by atoms with van der Waals surface area (Å²) in [4.78, 5) is 4.24. The Hall–Kier alpha value is -0.550. The van der Waals surface area contributed by atoms with Crippen LogP contribution in [0.5, 0.6) is 0 Å². The SMILES string of the molecule is CNCc1noc(CSC(C)(C)C)n1. The van der Waals surface area contributed by atoms with Crippen LogP contribution < -0.4 is 5.32 Å². The van der Waals surface area contributed by atoms with Crippen LogP contribution in [0, 0.1) is 0 Å². The third-order valence-corrected chi connectivity index (χ3v) is 2.73. The second-order valence-corrected chi connectivity index (χ2v) is 5.84. The molecule has 0 radical (unpaired) electrons. The Morgan fingerprint density at radius 3 is 2.71 bits per heavy atom. The smallest absolute Gasteiger partial charge is 0.236 e. The Morgan fingerprint density at radius 2 is 2.14 bits per heavy atom. The molecule has 1 aromatic rings. The van der Waals surface area contributed by atoms with Crippen LogP contribution in [0.25, 0.3) is 0 Å². The highest BCUT2D eigenvalue weighted by Gasteiger charge is 2.13. The average molecular weight is 215 g/mol. The van der Waals surface area contributed by atoms with Gasteiger partial charge in [0.25, 0.3) is 0 Å². The Labute approximate surface area is 88.8 Å². The summed E-state index contributed by atoms with van der Waals surface area (Å²) in [6, 6.07) is 0. The summed E-state index contributed by atoms with van der Waals surface area (Å²) >= 11 is 1.80. The van der Waals surface area contributed by atoms with Gasteiger partial charge in [0.1, 0.15) is 0 Å². The number of nitrogens with zero attached hydrogens (tertiary/aromatic N) is 2. The van der Waals surface area contributed by atoms with Crippen molar-refractivity contribution in [2.75, 3.05) is 7.05 Å². The highest BCUT2D eigenvalue weighted by molar-refractivity contribution is 7.99. The zero-order valence-corrected chi connectivity index (χ0v) is 9.94. The van der Waals surface area contributed by atoms with Crippen molar-refractivity contribution in [3.8, 4) is 0 Å². The average Bonchev–Trinajstić information content (AvgIpc) is 2.49. The molecule has 1 N–H and O–H groups in total. The standard InChI is InChI=1S/C9H17N3OS/c1-9(2,3)14-6-8-11-7(5-10-4)12-13-8/h10H,5-6H2,1-4H3. The van der Waals surface area contributed by atoms with Gasteiger partial charge in [-0.1, -0.05) is 25.9 Å². The number of hydrogen-bond donors (Lipinski definition) is 1. The van der Waals surface area contributed by atoms with Crippen LogP contribution in [0.1, 0.15) is 32.5 Å². The third kappa shape index (κ3) is 4.11. The fourth-order valence-electron chi connectivity index (χ4n) is 0.857. The minimum Gasteiger partial charge on any atom is -0.338 e. The molecule has 4 nitrogen and oxygen atoms in total. The number of aromatic nitrogens is 2. The summed E-state index contributed by atoms with van der Waals surface area (Å²) < 4.78 is 5.32. The summed E-state index contributed by atoms with van der Waals surface area (Å²) in [6.45, 7) is 7.16. The molecule has 0 atom stereocenters. The minimum atomic E-state index is 0.234. The van der Waals surface area contributed by atoms with Crippen LogP contribution in [0.2, 0.25) is 0 Å². The lowest BCUT2D eigenvalue weighted by molar-refractivity contribution is 0.383. The van der Waals surface area contributed by atoms with Gasteiger partial charge in [-0.2, -0.15) is 4.98 Å². The second-order valence-electron chi connectivity index (χ2n) is 4.04. The lowest BCUT2D eigenvalue weighted by Gasteiger charge is -2.15. The van der Waals surface area contributed by atoms with Crippen molar-refractivity contribution in [2.45, 2.75) is 37.8 Å². The van der Waals surface area contributed by atoms with Gasteiger partial charge in [-0.3, -0.25) is 0 Å². The Morgan fingerprint density at radius 1 is 1.43 bits per heavy atom. The zero-order chi connectivity index (χ0) is 10.6. The fourth-order valence-corrected chi connectivity index (χ4v) is 1.53. The molecule has 1 rings (SSSR count). The van der Waals surface area contributed by atoms with E-state index in [1.165, 1.54) is 0 Å². The van der Waals surface area contributed by atoms with Gasteiger partial charge in [0, 0.05) is 4.75 Å². The van der Waals surface area contributed by atoms with E-state index in [9.17, 15) is 0 Å². The first-order valence-electron chi connectivity index (χ1n) is 4.61. The van der Waals surface area contributed by atoms with Crippen molar-refractivity contribution in [3.63, 3.8) is 0 Å². The molecule has 1 aromatic heterocycles. The van der Waals surface area contributed by atoms with Gasteiger partial charge in [0.05, 0.1) is 12.3 Å². The predicted octanol–water partition coefficient (Wildman–Crippen LogP) is 1.82. The first-order valence-corrected chi connectivity index (χ1v) is 5.60. The van der Waals surface area contributed by atoms with E-state index in [4.69, 9.17) is 4.52 Å². The monoisotopic (exact) mass is 215 g/mol. The lowest BCUT2D eigenvalue weighted by atomic mass is 10.3. The van der Waals surface area contributed by atoms with Crippen molar-refractivity contribution >= 4 is 11.8 Å². The summed E-state index contributed by atoms with van der Waals surface area (Å²) in [6.07, 6.45) is 0. The highest BCUT2D eigenvalue weighted by atomic mass is 32.2. The topological polar surface area (TPSA) is 51.0 Å².